The smallest absolute Gasteiger partial charge is 0.193 e. The molecule has 132 valence electrons. The van der Waals surface area contributed by atoms with Gasteiger partial charge in [0.1, 0.15) is 0 Å². The predicted octanol–water partition coefficient (Wildman–Crippen LogP) is 0.352. The van der Waals surface area contributed by atoms with E-state index in [0.717, 1.165) is 0 Å². The van der Waals surface area contributed by atoms with Crippen molar-refractivity contribution < 1.29 is 17.9 Å². The fourth-order valence-corrected chi connectivity index (χ4v) is 3.50. The summed E-state index contributed by atoms with van der Waals surface area (Å²) in [5, 5.41) is 3.20. The van der Waals surface area contributed by atoms with Crippen molar-refractivity contribution in [2.45, 2.75) is 18.6 Å². The molecule has 0 spiro atoms. The molecule has 0 unspecified atom stereocenters. The highest BCUT2D eigenvalue weighted by molar-refractivity contribution is 14.0. The van der Waals surface area contributed by atoms with Crippen LogP contribution in [0.15, 0.2) is 4.99 Å². The summed E-state index contributed by atoms with van der Waals surface area (Å²) >= 11 is 0. The zero-order valence-corrected chi connectivity index (χ0v) is 16.9. The van der Waals surface area contributed by atoms with Gasteiger partial charge in [0.05, 0.1) is 30.3 Å². The first-order chi connectivity index (χ1) is 9.84. The Morgan fingerprint density at radius 2 is 2.00 bits per heavy atom. The van der Waals surface area contributed by atoms with Crippen molar-refractivity contribution in [1.82, 2.24) is 10.2 Å². The lowest BCUT2D eigenvalue weighted by molar-refractivity contribution is 0.0731. The number of guanidine groups is 1. The quantitative estimate of drug-likeness (QED) is 0.273. The first kappa shape index (κ1) is 21.9. The molecule has 0 atom stereocenters. The lowest BCUT2D eigenvalue weighted by Crippen LogP contribution is -2.57. The third kappa shape index (κ3) is 6.17. The molecule has 1 aliphatic rings. The van der Waals surface area contributed by atoms with Crippen molar-refractivity contribution >= 4 is 39.8 Å². The standard InChI is InChI=1S/C13H27N3O4S.HI/c1-13(2)11-16(6-10-21(13,17)18)12(14-3)15-5-7-20-9-8-19-4;/h5-11H2,1-4H3,(H,14,15);1H. The Morgan fingerprint density at radius 1 is 1.32 bits per heavy atom. The van der Waals surface area contributed by atoms with Crippen molar-refractivity contribution in [3.8, 4) is 0 Å². The van der Waals surface area contributed by atoms with Gasteiger partial charge in [-0.3, -0.25) is 4.99 Å². The van der Waals surface area contributed by atoms with E-state index in [1.165, 1.54) is 0 Å². The molecule has 0 radical (unpaired) electrons. The van der Waals surface area contributed by atoms with Crippen molar-refractivity contribution in [3.63, 3.8) is 0 Å². The summed E-state index contributed by atoms with van der Waals surface area (Å²) in [6.07, 6.45) is 0. The molecule has 9 heteroatoms. The fraction of sp³-hybridized carbons (Fsp3) is 0.923. The van der Waals surface area contributed by atoms with Gasteiger partial charge in [-0.1, -0.05) is 0 Å². The summed E-state index contributed by atoms with van der Waals surface area (Å²) in [6, 6.07) is 0. The molecule has 1 N–H and O–H groups in total. The van der Waals surface area contributed by atoms with E-state index in [-0.39, 0.29) is 29.7 Å². The van der Waals surface area contributed by atoms with Gasteiger partial charge in [0.2, 0.25) is 0 Å². The second-order valence-electron chi connectivity index (χ2n) is 5.58. The average molecular weight is 449 g/mol. The van der Waals surface area contributed by atoms with Crippen molar-refractivity contribution in [3.05, 3.63) is 0 Å². The number of nitrogens with zero attached hydrogens (tertiary/aromatic N) is 2. The maximum atomic E-state index is 12.0. The molecule has 0 aromatic carbocycles. The van der Waals surface area contributed by atoms with E-state index in [1.807, 2.05) is 4.90 Å². The molecule has 1 rings (SSSR count). The van der Waals surface area contributed by atoms with Crippen LogP contribution in [-0.2, 0) is 19.3 Å². The Kier molecular flexibility index (Phi) is 9.83. The van der Waals surface area contributed by atoms with E-state index in [4.69, 9.17) is 9.47 Å². The van der Waals surface area contributed by atoms with Gasteiger partial charge in [-0.2, -0.15) is 0 Å². The first-order valence-electron chi connectivity index (χ1n) is 7.08. The Morgan fingerprint density at radius 3 is 2.55 bits per heavy atom. The molecule has 0 bridgehead atoms. The van der Waals surface area contributed by atoms with E-state index in [2.05, 4.69) is 10.3 Å². The normalized spacial score (nSPS) is 20.4. The van der Waals surface area contributed by atoms with Gasteiger partial charge >= 0.3 is 0 Å². The Bertz CT molecular complexity index is 454. The third-order valence-corrected chi connectivity index (χ3v) is 6.05. The predicted molar refractivity (Wildman–Crippen MR) is 98.9 cm³/mol. The van der Waals surface area contributed by atoms with Gasteiger partial charge in [0.15, 0.2) is 15.8 Å². The van der Waals surface area contributed by atoms with Crippen LogP contribution in [0.1, 0.15) is 13.8 Å². The molecule has 0 amide bonds. The van der Waals surface area contributed by atoms with E-state index >= 15 is 0 Å². The molecular formula is C13H28IN3O4S. The summed E-state index contributed by atoms with van der Waals surface area (Å²) in [4.78, 5) is 6.20. The van der Waals surface area contributed by atoms with E-state index in [0.29, 0.717) is 45.4 Å². The monoisotopic (exact) mass is 449 g/mol. The van der Waals surface area contributed by atoms with Gasteiger partial charge in [-0.25, -0.2) is 8.42 Å². The molecule has 22 heavy (non-hydrogen) atoms. The number of halogens is 1. The Hall–Kier alpha value is -0.130. The summed E-state index contributed by atoms with van der Waals surface area (Å²) < 4.78 is 33.5. The number of hydrogen-bond acceptors (Lipinski definition) is 5. The maximum absolute atomic E-state index is 12.0. The van der Waals surface area contributed by atoms with Gasteiger partial charge in [0.25, 0.3) is 0 Å². The molecule has 1 heterocycles. The van der Waals surface area contributed by atoms with E-state index in [1.54, 1.807) is 28.0 Å². The zero-order valence-electron chi connectivity index (χ0n) is 13.8. The molecule has 1 saturated heterocycles. The number of methoxy groups -OCH3 is 1. The van der Waals surface area contributed by atoms with Crippen LogP contribution in [0.3, 0.4) is 0 Å². The lowest BCUT2D eigenvalue weighted by atomic mass is 10.2. The highest BCUT2D eigenvalue weighted by Gasteiger charge is 2.40. The largest absolute Gasteiger partial charge is 0.382 e. The summed E-state index contributed by atoms with van der Waals surface area (Å²) in [5.74, 6) is 0.874. The average Bonchev–Trinajstić information content (AvgIpc) is 2.41. The minimum Gasteiger partial charge on any atom is -0.382 e. The zero-order chi connectivity index (χ0) is 15.9. The number of aliphatic imine (C=N–C) groups is 1. The summed E-state index contributed by atoms with van der Waals surface area (Å²) in [7, 11) is 0.299. The van der Waals surface area contributed by atoms with Gasteiger partial charge in [-0.15, -0.1) is 24.0 Å². The van der Waals surface area contributed by atoms with E-state index < -0.39 is 14.6 Å². The molecule has 0 saturated carbocycles. The van der Waals surface area contributed by atoms with Crippen LogP contribution in [-0.4, -0.2) is 83.4 Å². The molecule has 7 nitrogen and oxygen atoms in total. The number of hydrogen-bond donors (Lipinski definition) is 1. The minimum atomic E-state index is -3.03. The Balaban J connectivity index is 0.00000441. The fourth-order valence-electron chi connectivity index (χ4n) is 2.14. The second-order valence-corrected chi connectivity index (χ2v) is 8.32. The highest BCUT2D eigenvalue weighted by Crippen LogP contribution is 2.23. The Labute approximate surface area is 150 Å². The number of rotatable bonds is 6. The molecule has 0 aromatic heterocycles. The van der Waals surface area contributed by atoms with Gasteiger partial charge in [0, 0.05) is 33.8 Å². The molecular weight excluding hydrogens is 421 g/mol. The molecule has 1 fully saturated rings. The second kappa shape index (κ2) is 9.89. The number of sulfone groups is 1. The summed E-state index contributed by atoms with van der Waals surface area (Å²) in [5.41, 5.74) is 0. The van der Waals surface area contributed by atoms with Crippen LogP contribution in [0.2, 0.25) is 0 Å². The molecule has 1 aliphatic heterocycles. The van der Waals surface area contributed by atoms with Crippen LogP contribution in [0.4, 0.5) is 0 Å². The summed E-state index contributed by atoms with van der Waals surface area (Å²) in [6.45, 7) is 6.75. The maximum Gasteiger partial charge on any atom is 0.193 e. The number of nitrogens with one attached hydrogen (secondary N) is 1. The van der Waals surface area contributed by atoms with E-state index in [9.17, 15) is 8.42 Å². The highest BCUT2D eigenvalue weighted by atomic mass is 127. The van der Waals surface area contributed by atoms with Crippen molar-refractivity contribution in [1.29, 1.82) is 0 Å². The van der Waals surface area contributed by atoms with Crippen LogP contribution in [0.5, 0.6) is 0 Å². The third-order valence-electron chi connectivity index (χ3n) is 3.52. The van der Waals surface area contributed by atoms with Crippen molar-refractivity contribution in [2.75, 3.05) is 59.4 Å². The van der Waals surface area contributed by atoms with Crippen LogP contribution in [0, 0.1) is 0 Å². The first-order valence-corrected chi connectivity index (χ1v) is 8.74. The van der Waals surface area contributed by atoms with Crippen LogP contribution >= 0.6 is 24.0 Å². The van der Waals surface area contributed by atoms with Crippen LogP contribution in [0.25, 0.3) is 0 Å². The van der Waals surface area contributed by atoms with Crippen LogP contribution < -0.4 is 5.32 Å². The van der Waals surface area contributed by atoms with Gasteiger partial charge in [-0.05, 0) is 13.8 Å². The van der Waals surface area contributed by atoms with Crippen molar-refractivity contribution in [2.24, 2.45) is 4.99 Å². The minimum absolute atomic E-state index is 0. The number of ether oxygens (including phenoxy) is 2. The topological polar surface area (TPSA) is 80.2 Å². The van der Waals surface area contributed by atoms with Gasteiger partial charge < -0.3 is 19.7 Å². The molecule has 0 aromatic rings. The molecule has 0 aliphatic carbocycles. The lowest BCUT2D eigenvalue weighted by Gasteiger charge is -2.39. The SMILES string of the molecule is CN=C(NCCOCCOC)N1CCS(=O)(=O)C(C)(C)C1.I.